The van der Waals surface area contributed by atoms with E-state index in [1.54, 1.807) is 6.92 Å². The van der Waals surface area contributed by atoms with Crippen LogP contribution in [-0.4, -0.2) is 5.91 Å². The number of carbonyl (C=O) groups excluding carboxylic acids is 1. The highest BCUT2D eigenvalue weighted by Gasteiger charge is 2.30. The molecule has 0 fully saturated rings. The monoisotopic (exact) mass is 311 g/mol. The van der Waals surface area contributed by atoms with E-state index >= 15 is 0 Å². The van der Waals surface area contributed by atoms with Gasteiger partial charge in [0.1, 0.15) is 5.82 Å². The molecular formula is C16H13F4NO. The van der Waals surface area contributed by atoms with Gasteiger partial charge in [0.05, 0.1) is 11.6 Å². The number of hydrogen-bond donors (Lipinski definition) is 1. The minimum Gasteiger partial charge on any atom is -0.346 e. The van der Waals surface area contributed by atoms with Crippen LogP contribution in [0.1, 0.15) is 34.5 Å². The van der Waals surface area contributed by atoms with Crippen molar-refractivity contribution in [2.45, 2.75) is 19.1 Å². The number of carbonyl (C=O) groups is 1. The summed E-state index contributed by atoms with van der Waals surface area (Å²) in [6.45, 7) is 1.70. The van der Waals surface area contributed by atoms with E-state index in [-0.39, 0.29) is 11.4 Å². The van der Waals surface area contributed by atoms with Gasteiger partial charge in [0.2, 0.25) is 0 Å². The number of halogens is 4. The van der Waals surface area contributed by atoms with Crippen LogP contribution in [0.25, 0.3) is 0 Å². The average molecular weight is 311 g/mol. The fourth-order valence-corrected chi connectivity index (χ4v) is 1.93. The average Bonchev–Trinajstić information content (AvgIpc) is 2.47. The molecule has 0 saturated heterocycles. The van der Waals surface area contributed by atoms with Gasteiger partial charge >= 0.3 is 6.18 Å². The minimum absolute atomic E-state index is 0.127. The lowest BCUT2D eigenvalue weighted by atomic mass is 10.1. The van der Waals surface area contributed by atoms with Crippen LogP contribution in [0.5, 0.6) is 0 Å². The van der Waals surface area contributed by atoms with Crippen molar-refractivity contribution in [1.82, 2.24) is 5.32 Å². The second-order valence-electron chi connectivity index (χ2n) is 4.82. The van der Waals surface area contributed by atoms with Crippen molar-refractivity contribution in [1.29, 1.82) is 0 Å². The van der Waals surface area contributed by atoms with Crippen molar-refractivity contribution in [3.05, 3.63) is 71.0 Å². The largest absolute Gasteiger partial charge is 0.416 e. The van der Waals surface area contributed by atoms with Crippen LogP contribution in [0, 0.1) is 5.82 Å². The summed E-state index contributed by atoms with van der Waals surface area (Å²) in [4.78, 5) is 12.0. The molecule has 1 amide bonds. The lowest BCUT2D eigenvalue weighted by Gasteiger charge is -2.15. The lowest BCUT2D eigenvalue weighted by Crippen LogP contribution is -2.26. The molecule has 0 heterocycles. The molecule has 116 valence electrons. The van der Waals surface area contributed by atoms with Crippen LogP contribution in [0.3, 0.4) is 0 Å². The third kappa shape index (κ3) is 3.84. The molecule has 6 heteroatoms. The maximum Gasteiger partial charge on any atom is 0.416 e. The molecule has 0 aromatic heterocycles. The maximum absolute atomic E-state index is 12.8. The zero-order chi connectivity index (χ0) is 16.3. The lowest BCUT2D eigenvalue weighted by molar-refractivity contribution is -0.137. The van der Waals surface area contributed by atoms with Gasteiger partial charge in [0.25, 0.3) is 5.91 Å². The van der Waals surface area contributed by atoms with Crippen LogP contribution in [0.15, 0.2) is 48.5 Å². The summed E-state index contributed by atoms with van der Waals surface area (Å²) in [6.07, 6.45) is -4.43. The van der Waals surface area contributed by atoms with Crippen molar-refractivity contribution in [2.24, 2.45) is 0 Å². The summed E-state index contributed by atoms with van der Waals surface area (Å²) in [6, 6.07) is 9.18. The summed E-state index contributed by atoms with van der Waals surface area (Å²) in [7, 11) is 0. The van der Waals surface area contributed by atoms with Crippen molar-refractivity contribution in [3.8, 4) is 0 Å². The molecule has 0 bridgehead atoms. The number of rotatable bonds is 3. The van der Waals surface area contributed by atoms with E-state index in [1.165, 1.54) is 24.3 Å². The van der Waals surface area contributed by atoms with E-state index in [1.807, 2.05) is 0 Å². The molecule has 1 N–H and O–H groups in total. The Morgan fingerprint density at radius 3 is 2.05 bits per heavy atom. The van der Waals surface area contributed by atoms with Gasteiger partial charge in [0, 0.05) is 5.56 Å². The third-order valence-electron chi connectivity index (χ3n) is 3.19. The smallest absolute Gasteiger partial charge is 0.346 e. The number of hydrogen-bond acceptors (Lipinski definition) is 1. The predicted octanol–water partition coefficient (Wildman–Crippen LogP) is 4.34. The van der Waals surface area contributed by atoms with E-state index in [0.717, 1.165) is 24.3 Å². The van der Waals surface area contributed by atoms with Gasteiger partial charge in [-0.1, -0.05) is 12.1 Å². The maximum atomic E-state index is 12.8. The molecule has 0 aliphatic rings. The Bertz CT molecular complexity index is 647. The van der Waals surface area contributed by atoms with E-state index in [2.05, 4.69) is 5.32 Å². The van der Waals surface area contributed by atoms with Crippen LogP contribution in [-0.2, 0) is 6.18 Å². The summed E-state index contributed by atoms with van der Waals surface area (Å²) < 4.78 is 50.2. The summed E-state index contributed by atoms with van der Waals surface area (Å²) in [5, 5.41) is 2.65. The first-order valence-electron chi connectivity index (χ1n) is 6.51. The molecule has 2 nitrogen and oxygen atoms in total. The van der Waals surface area contributed by atoms with E-state index < -0.39 is 23.7 Å². The van der Waals surface area contributed by atoms with E-state index in [4.69, 9.17) is 0 Å². The molecule has 0 unspecified atom stereocenters. The zero-order valence-corrected chi connectivity index (χ0v) is 11.6. The van der Waals surface area contributed by atoms with E-state index in [0.29, 0.717) is 5.56 Å². The first kappa shape index (κ1) is 16.0. The Hall–Kier alpha value is -2.37. The number of benzene rings is 2. The Morgan fingerprint density at radius 1 is 1.00 bits per heavy atom. The van der Waals surface area contributed by atoms with Gasteiger partial charge < -0.3 is 5.32 Å². The molecule has 22 heavy (non-hydrogen) atoms. The summed E-state index contributed by atoms with van der Waals surface area (Å²) in [5.74, 6) is -0.879. The second-order valence-corrected chi connectivity index (χ2v) is 4.82. The first-order valence-corrected chi connectivity index (χ1v) is 6.51. The Morgan fingerprint density at radius 2 is 1.55 bits per heavy atom. The Labute approximate surface area is 124 Å². The molecule has 0 spiro atoms. The normalized spacial score (nSPS) is 12.8. The third-order valence-corrected chi connectivity index (χ3v) is 3.19. The van der Waals surface area contributed by atoms with Gasteiger partial charge in [-0.15, -0.1) is 0 Å². The fourth-order valence-electron chi connectivity index (χ4n) is 1.93. The quantitative estimate of drug-likeness (QED) is 0.840. The highest BCUT2D eigenvalue weighted by molar-refractivity contribution is 5.94. The molecular weight excluding hydrogens is 298 g/mol. The van der Waals surface area contributed by atoms with Gasteiger partial charge in [0.15, 0.2) is 0 Å². The Kier molecular flexibility index (Phi) is 4.49. The van der Waals surface area contributed by atoms with Crippen molar-refractivity contribution in [2.75, 3.05) is 0 Å². The van der Waals surface area contributed by atoms with Crippen LogP contribution in [0.2, 0.25) is 0 Å². The van der Waals surface area contributed by atoms with Crippen LogP contribution in [0.4, 0.5) is 17.6 Å². The SMILES string of the molecule is C[C@@H](NC(=O)c1ccc(C(F)(F)F)cc1)c1ccc(F)cc1. The van der Waals surface area contributed by atoms with Crippen LogP contribution < -0.4 is 5.32 Å². The highest BCUT2D eigenvalue weighted by atomic mass is 19.4. The van der Waals surface area contributed by atoms with E-state index in [9.17, 15) is 22.4 Å². The van der Waals surface area contributed by atoms with Crippen LogP contribution >= 0.6 is 0 Å². The number of alkyl halides is 3. The van der Waals surface area contributed by atoms with Gasteiger partial charge in [-0.3, -0.25) is 4.79 Å². The summed E-state index contributed by atoms with van der Waals surface area (Å²) >= 11 is 0. The highest BCUT2D eigenvalue weighted by Crippen LogP contribution is 2.29. The number of nitrogens with one attached hydrogen (secondary N) is 1. The molecule has 2 rings (SSSR count). The summed E-state index contributed by atoms with van der Waals surface area (Å²) in [5.41, 5.74) is 0.0132. The van der Waals surface area contributed by atoms with Crippen molar-refractivity contribution < 1.29 is 22.4 Å². The first-order chi connectivity index (χ1) is 10.3. The predicted molar refractivity (Wildman–Crippen MR) is 73.7 cm³/mol. The molecule has 0 radical (unpaired) electrons. The second kappa shape index (κ2) is 6.17. The topological polar surface area (TPSA) is 29.1 Å². The van der Waals surface area contributed by atoms with Gasteiger partial charge in [-0.2, -0.15) is 13.2 Å². The standard InChI is InChI=1S/C16H13F4NO/c1-10(11-4-8-14(17)9-5-11)21-15(22)12-2-6-13(7-3-12)16(18,19)20/h2-10H,1H3,(H,21,22)/t10-/m1/s1. The van der Waals surface area contributed by atoms with Gasteiger partial charge in [-0.25, -0.2) is 4.39 Å². The molecule has 0 aliphatic heterocycles. The van der Waals surface area contributed by atoms with Crippen molar-refractivity contribution in [3.63, 3.8) is 0 Å². The molecule has 0 aliphatic carbocycles. The minimum atomic E-state index is -4.43. The fraction of sp³-hybridized carbons (Fsp3) is 0.188. The molecule has 0 saturated carbocycles. The molecule has 2 aromatic carbocycles. The number of amides is 1. The molecule has 1 atom stereocenters. The zero-order valence-electron chi connectivity index (χ0n) is 11.6. The Balaban J connectivity index is 2.07. The molecule has 2 aromatic rings. The van der Waals surface area contributed by atoms with Gasteiger partial charge in [-0.05, 0) is 48.9 Å². The van der Waals surface area contributed by atoms with Crippen molar-refractivity contribution >= 4 is 5.91 Å².